The average molecular weight is 315 g/mol. The predicted molar refractivity (Wildman–Crippen MR) is 88.6 cm³/mol. The Kier molecular flexibility index (Phi) is 4.96. The maximum Gasteiger partial charge on any atom is 0.226 e. The molecule has 2 amide bonds. The molecule has 2 aliphatic heterocycles. The maximum absolute atomic E-state index is 12.2. The molecule has 0 spiro atoms. The molecule has 2 aliphatic rings. The largest absolute Gasteiger partial charge is 0.353 e. The molecule has 0 saturated carbocycles. The van der Waals surface area contributed by atoms with Crippen LogP contribution in [0.25, 0.3) is 0 Å². The summed E-state index contributed by atoms with van der Waals surface area (Å²) >= 11 is 0. The van der Waals surface area contributed by atoms with E-state index in [2.05, 4.69) is 34.5 Å². The number of benzene rings is 1. The maximum atomic E-state index is 12.2. The van der Waals surface area contributed by atoms with Crippen molar-refractivity contribution in [1.82, 2.24) is 15.1 Å². The second-order valence-electron chi connectivity index (χ2n) is 6.67. The van der Waals surface area contributed by atoms with Gasteiger partial charge in [0.1, 0.15) is 0 Å². The fourth-order valence-electron chi connectivity index (χ4n) is 3.30. The topological polar surface area (TPSA) is 52.7 Å². The van der Waals surface area contributed by atoms with Gasteiger partial charge in [-0.25, -0.2) is 0 Å². The summed E-state index contributed by atoms with van der Waals surface area (Å²) in [4.78, 5) is 27.5. The third-order valence-corrected chi connectivity index (χ3v) is 4.88. The van der Waals surface area contributed by atoms with Crippen LogP contribution < -0.4 is 5.32 Å². The van der Waals surface area contributed by atoms with Crippen LogP contribution in [0.2, 0.25) is 0 Å². The summed E-state index contributed by atoms with van der Waals surface area (Å²) in [5, 5.41) is 3.16. The molecule has 0 bridgehead atoms. The minimum atomic E-state index is -0.0127. The molecule has 2 saturated heterocycles. The molecule has 5 heteroatoms. The second kappa shape index (κ2) is 7.13. The van der Waals surface area contributed by atoms with Gasteiger partial charge < -0.3 is 10.2 Å². The lowest BCUT2D eigenvalue weighted by atomic mass is 9.97. The van der Waals surface area contributed by atoms with Gasteiger partial charge >= 0.3 is 0 Å². The molecule has 0 aliphatic carbocycles. The Morgan fingerprint density at radius 2 is 1.78 bits per heavy atom. The van der Waals surface area contributed by atoms with E-state index in [0.29, 0.717) is 13.1 Å². The Hall–Kier alpha value is -1.88. The van der Waals surface area contributed by atoms with Crippen LogP contribution in [0.3, 0.4) is 0 Å². The second-order valence-corrected chi connectivity index (χ2v) is 6.67. The van der Waals surface area contributed by atoms with Crippen molar-refractivity contribution in [3.8, 4) is 0 Å². The summed E-state index contributed by atoms with van der Waals surface area (Å²) in [6, 6.07) is 10.8. The summed E-state index contributed by atoms with van der Waals surface area (Å²) < 4.78 is 0. The molecule has 0 radical (unpaired) electrons. The van der Waals surface area contributed by atoms with Gasteiger partial charge in [-0.15, -0.1) is 0 Å². The molecule has 0 aromatic heterocycles. The van der Waals surface area contributed by atoms with Crippen molar-refractivity contribution in [2.45, 2.75) is 32.4 Å². The quantitative estimate of drug-likeness (QED) is 0.910. The van der Waals surface area contributed by atoms with Crippen LogP contribution >= 0.6 is 0 Å². The predicted octanol–water partition coefficient (Wildman–Crippen LogP) is 1.25. The molecule has 2 heterocycles. The standard InChI is InChI=1S/C18H25N3O2/c1-14(22)21-12-16(13-21)18(23)19-17-7-9-20(10-8-17)11-15-5-3-2-4-6-15/h2-6,16-17H,7-13H2,1H3,(H,19,23). The first-order chi connectivity index (χ1) is 11.1. The average Bonchev–Trinajstić information content (AvgIpc) is 2.48. The van der Waals surface area contributed by atoms with Gasteiger partial charge in [-0.1, -0.05) is 30.3 Å². The molecule has 124 valence electrons. The third kappa shape index (κ3) is 4.10. The van der Waals surface area contributed by atoms with E-state index in [1.54, 1.807) is 11.8 Å². The Morgan fingerprint density at radius 3 is 2.39 bits per heavy atom. The van der Waals surface area contributed by atoms with Crippen molar-refractivity contribution in [2.75, 3.05) is 26.2 Å². The van der Waals surface area contributed by atoms with Crippen LogP contribution in [-0.4, -0.2) is 53.8 Å². The molecule has 23 heavy (non-hydrogen) atoms. The minimum absolute atomic E-state index is 0.0127. The first kappa shape index (κ1) is 16.0. The van der Waals surface area contributed by atoms with E-state index in [-0.39, 0.29) is 23.8 Å². The normalized spacial score (nSPS) is 20.1. The monoisotopic (exact) mass is 315 g/mol. The van der Waals surface area contributed by atoms with Gasteiger partial charge in [0.25, 0.3) is 0 Å². The molecule has 0 atom stereocenters. The van der Waals surface area contributed by atoms with Crippen LogP contribution in [-0.2, 0) is 16.1 Å². The lowest BCUT2D eigenvalue weighted by molar-refractivity contribution is -0.141. The lowest BCUT2D eigenvalue weighted by Crippen LogP contribution is -2.57. The van der Waals surface area contributed by atoms with Crippen molar-refractivity contribution in [3.05, 3.63) is 35.9 Å². The highest BCUT2D eigenvalue weighted by Gasteiger charge is 2.35. The van der Waals surface area contributed by atoms with Crippen molar-refractivity contribution in [3.63, 3.8) is 0 Å². The summed E-state index contributed by atoms with van der Waals surface area (Å²) in [6.45, 7) is 5.73. The zero-order valence-electron chi connectivity index (χ0n) is 13.7. The Balaban J connectivity index is 1.38. The van der Waals surface area contributed by atoms with Crippen molar-refractivity contribution in [1.29, 1.82) is 0 Å². The summed E-state index contributed by atoms with van der Waals surface area (Å²) in [7, 11) is 0. The van der Waals surface area contributed by atoms with Gasteiger partial charge in [0.2, 0.25) is 11.8 Å². The van der Waals surface area contributed by atoms with Crippen LogP contribution in [0.4, 0.5) is 0 Å². The summed E-state index contributed by atoms with van der Waals surface area (Å²) in [5.41, 5.74) is 1.34. The van der Waals surface area contributed by atoms with E-state index in [0.717, 1.165) is 32.5 Å². The summed E-state index contributed by atoms with van der Waals surface area (Å²) in [6.07, 6.45) is 2.00. The van der Waals surface area contributed by atoms with Crippen LogP contribution in [0.5, 0.6) is 0 Å². The number of nitrogens with one attached hydrogen (secondary N) is 1. The molecule has 0 unspecified atom stereocenters. The zero-order valence-corrected chi connectivity index (χ0v) is 13.7. The van der Waals surface area contributed by atoms with E-state index in [1.165, 1.54) is 5.56 Å². The van der Waals surface area contributed by atoms with Gasteiger partial charge in [0.05, 0.1) is 5.92 Å². The van der Waals surface area contributed by atoms with Gasteiger partial charge in [0.15, 0.2) is 0 Å². The number of hydrogen-bond acceptors (Lipinski definition) is 3. The van der Waals surface area contributed by atoms with Crippen molar-refractivity contribution >= 4 is 11.8 Å². The van der Waals surface area contributed by atoms with E-state index in [9.17, 15) is 9.59 Å². The molecule has 1 aromatic carbocycles. The number of rotatable bonds is 4. The van der Waals surface area contributed by atoms with Crippen LogP contribution in [0.1, 0.15) is 25.3 Å². The van der Waals surface area contributed by atoms with Gasteiger partial charge in [-0.3, -0.25) is 14.5 Å². The summed E-state index contributed by atoms with van der Waals surface area (Å²) in [5.74, 6) is 0.161. The number of piperidine rings is 1. The van der Waals surface area contributed by atoms with E-state index in [4.69, 9.17) is 0 Å². The smallest absolute Gasteiger partial charge is 0.226 e. The molecule has 1 aromatic rings. The van der Waals surface area contributed by atoms with Crippen molar-refractivity contribution < 1.29 is 9.59 Å². The number of nitrogens with zero attached hydrogens (tertiary/aromatic N) is 2. The molecule has 5 nitrogen and oxygen atoms in total. The minimum Gasteiger partial charge on any atom is -0.353 e. The number of amides is 2. The number of carbonyl (C=O) groups is 2. The molecule has 3 rings (SSSR count). The van der Waals surface area contributed by atoms with E-state index < -0.39 is 0 Å². The van der Waals surface area contributed by atoms with E-state index in [1.807, 2.05) is 6.07 Å². The Labute approximate surface area is 137 Å². The highest BCUT2D eigenvalue weighted by atomic mass is 16.2. The first-order valence-corrected chi connectivity index (χ1v) is 8.44. The van der Waals surface area contributed by atoms with E-state index >= 15 is 0 Å². The first-order valence-electron chi connectivity index (χ1n) is 8.44. The lowest BCUT2D eigenvalue weighted by Gasteiger charge is -2.39. The highest BCUT2D eigenvalue weighted by molar-refractivity contribution is 5.83. The molecule has 1 N–H and O–H groups in total. The molecule has 2 fully saturated rings. The van der Waals surface area contributed by atoms with Crippen LogP contribution in [0.15, 0.2) is 30.3 Å². The SMILES string of the molecule is CC(=O)N1CC(C(=O)NC2CCN(Cc3ccccc3)CC2)C1. The fourth-order valence-corrected chi connectivity index (χ4v) is 3.30. The molecular weight excluding hydrogens is 290 g/mol. The highest BCUT2D eigenvalue weighted by Crippen LogP contribution is 2.18. The van der Waals surface area contributed by atoms with Gasteiger partial charge in [-0.2, -0.15) is 0 Å². The Bertz CT molecular complexity index is 547. The fraction of sp³-hybridized carbons (Fsp3) is 0.556. The van der Waals surface area contributed by atoms with Crippen molar-refractivity contribution in [2.24, 2.45) is 5.92 Å². The van der Waals surface area contributed by atoms with Gasteiger partial charge in [-0.05, 0) is 18.4 Å². The third-order valence-electron chi connectivity index (χ3n) is 4.88. The van der Waals surface area contributed by atoms with Crippen LogP contribution in [0, 0.1) is 5.92 Å². The zero-order chi connectivity index (χ0) is 16.2. The number of hydrogen-bond donors (Lipinski definition) is 1. The number of carbonyl (C=O) groups excluding carboxylic acids is 2. The molecular formula is C18H25N3O2. The van der Waals surface area contributed by atoms with Gasteiger partial charge in [0, 0.05) is 45.7 Å². The number of likely N-dealkylation sites (tertiary alicyclic amines) is 2. The Morgan fingerprint density at radius 1 is 1.13 bits per heavy atom.